The molecule has 0 N–H and O–H groups in total. The van der Waals surface area contributed by atoms with Gasteiger partial charge in [0.15, 0.2) is 11.5 Å². The largest absolute Gasteiger partial charge is 0.422 e. The fourth-order valence-corrected chi connectivity index (χ4v) is 2.30. The number of esters is 1. The fourth-order valence-electron chi connectivity index (χ4n) is 1.79. The van der Waals surface area contributed by atoms with Crippen LogP contribution in [0.3, 0.4) is 0 Å². The molecule has 1 rings (SSSR count). The molecule has 6 heteroatoms. The van der Waals surface area contributed by atoms with Gasteiger partial charge in [-0.05, 0) is 37.5 Å². The van der Waals surface area contributed by atoms with Gasteiger partial charge in [-0.1, -0.05) is 25.8 Å². The van der Waals surface area contributed by atoms with Crippen molar-refractivity contribution in [3.63, 3.8) is 0 Å². The number of carbonyl (C=O) groups excluding carboxylic acids is 1. The molecule has 0 atom stereocenters. The lowest BCUT2D eigenvalue weighted by Gasteiger charge is -2.14. The quantitative estimate of drug-likeness (QED) is 0.335. The van der Waals surface area contributed by atoms with Gasteiger partial charge in [0.05, 0.1) is 6.26 Å². The summed E-state index contributed by atoms with van der Waals surface area (Å²) in [7, 11) is -3.69. The van der Waals surface area contributed by atoms with E-state index >= 15 is 0 Å². The first-order chi connectivity index (χ1) is 9.74. The third-order valence-electron chi connectivity index (χ3n) is 3.08. The van der Waals surface area contributed by atoms with Crippen molar-refractivity contribution < 1.29 is 22.1 Å². The molecule has 0 aliphatic rings. The molecule has 118 valence electrons. The second kappa shape index (κ2) is 7.45. The summed E-state index contributed by atoms with van der Waals surface area (Å²) in [6, 6.07) is 3.32. The van der Waals surface area contributed by atoms with Crippen LogP contribution in [0.4, 0.5) is 0 Å². The van der Waals surface area contributed by atoms with Gasteiger partial charge in [-0.2, -0.15) is 8.42 Å². The van der Waals surface area contributed by atoms with E-state index in [1.54, 1.807) is 19.1 Å². The maximum atomic E-state index is 11.8. The Morgan fingerprint density at radius 1 is 1.19 bits per heavy atom. The molecule has 0 bridgehead atoms. The van der Waals surface area contributed by atoms with Gasteiger partial charge in [0, 0.05) is 6.42 Å². The van der Waals surface area contributed by atoms with Gasteiger partial charge >= 0.3 is 16.1 Å². The molecular weight excluding hydrogens is 292 g/mol. The van der Waals surface area contributed by atoms with E-state index in [1.807, 2.05) is 13.8 Å². The maximum Gasteiger partial charge on any atom is 0.311 e. The highest BCUT2D eigenvalue weighted by Crippen LogP contribution is 2.34. The van der Waals surface area contributed by atoms with Gasteiger partial charge in [0.2, 0.25) is 0 Å². The molecule has 0 aromatic heterocycles. The normalized spacial score (nSPS) is 11.2. The number of aryl methyl sites for hydroxylation is 1. The number of rotatable bonds is 7. The number of carbonyl (C=O) groups is 1. The zero-order valence-corrected chi connectivity index (χ0v) is 13.7. The summed E-state index contributed by atoms with van der Waals surface area (Å²) in [5.74, 6) is -0.156. The number of ether oxygens (including phenoxy) is 1. The Morgan fingerprint density at radius 2 is 1.86 bits per heavy atom. The van der Waals surface area contributed by atoms with Crippen LogP contribution in [-0.2, 0) is 14.9 Å². The van der Waals surface area contributed by atoms with Crippen LogP contribution in [-0.4, -0.2) is 20.6 Å². The summed E-state index contributed by atoms with van der Waals surface area (Å²) in [5.41, 5.74) is 1.50. The van der Waals surface area contributed by atoms with Crippen molar-refractivity contribution in [2.45, 2.75) is 46.5 Å². The van der Waals surface area contributed by atoms with Crippen molar-refractivity contribution in [1.82, 2.24) is 0 Å². The standard InChI is InChI=1S/C15H22O5S/c1-5-6-7-8-14(16)19-13-10-9-11(2)12(3)15(13)20-21(4,17)18/h9-10H,5-8H2,1-4H3. The number of unbranched alkanes of at least 4 members (excludes halogenated alkanes) is 2. The minimum atomic E-state index is -3.69. The summed E-state index contributed by atoms with van der Waals surface area (Å²) in [4.78, 5) is 11.8. The smallest absolute Gasteiger partial charge is 0.311 e. The molecule has 0 saturated carbocycles. The van der Waals surface area contributed by atoms with Gasteiger partial charge < -0.3 is 8.92 Å². The third-order valence-corrected chi connectivity index (χ3v) is 3.55. The zero-order chi connectivity index (χ0) is 16.0. The van der Waals surface area contributed by atoms with Gasteiger partial charge in [-0.15, -0.1) is 0 Å². The van der Waals surface area contributed by atoms with E-state index in [-0.39, 0.29) is 17.5 Å². The summed E-state index contributed by atoms with van der Waals surface area (Å²) >= 11 is 0. The average Bonchev–Trinajstić information content (AvgIpc) is 2.37. The van der Waals surface area contributed by atoms with Crippen LogP contribution >= 0.6 is 0 Å². The molecule has 0 amide bonds. The molecule has 0 spiro atoms. The SMILES string of the molecule is CCCCCC(=O)Oc1ccc(C)c(C)c1OS(C)(=O)=O. The number of benzene rings is 1. The lowest BCUT2D eigenvalue weighted by molar-refractivity contribution is -0.134. The first-order valence-electron chi connectivity index (χ1n) is 6.95. The Labute approximate surface area is 126 Å². The molecule has 5 nitrogen and oxygen atoms in total. The number of hydrogen-bond donors (Lipinski definition) is 0. The van der Waals surface area contributed by atoms with Crippen molar-refractivity contribution in [2.24, 2.45) is 0 Å². The highest BCUT2D eigenvalue weighted by atomic mass is 32.2. The molecule has 0 aliphatic heterocycles. The highest BCUT2D eigenvalue weighted by Gasteiger charge is 2.18. The highest BCUT2D eigenvalue weighted by molar-refractivity contribution is 7.86. The monoisotopic (exact) mass is 314 g/mol. The Hall–Kier alpha value is -1.56. The van der Waals surface area contributed by atoms with Crippen molar-refractivity contribution in [3.8, 4) is 11.5 Å². The summed E-state index contributed by atoms with van der Waals surface area (Å²) in [5, 5.41) is 0. The van der Waals surface area contributed by atoms with Gasteiger partial charge in [0.25, 0.3) is 0 Å². The van der Waals surface area contributed by atoms with Crippen molar-refractivity contribution in [1.29, 1.82) is 0 Å². The van der Waals surface area contributed by atoms with Crippen LogP contribution in [0.25, 0.3) is 0 Å². The van der Waals surface area contributed by atoms with Crippen LogP contribution in [0, 0.1) is 13.8 Å². The summed E-state index contributed by atoms with van der Waals surface area (Å²) < 4.78 is 32.9. The molecule has 0 unspecified atom stereocenters. The van der Waals surface area contributed by atoms with Crippen molar-refractivity contribution >= 4 is 16.1 Å². The molecule has 0 aliphatic carbocycles. The van der Waals surface area contributed by atoms with Crippen molar-refractivity contribution in [3.05, 3.63) is 23.3 Å². The molecule has 0 heterocycles. The molecule has 0 saturated heterocycles. The van der Waals surface area contributed by atoms with Crippen LogP contribution in [0.5, 0.6) is 11.5 Å². The minimum Gasteiger partial charge on any atom is -0.422 e. The predicted octanol–water partition coefficient (Wildman–Crippen LogP) is 3.13. The molecule has 1 aromatic rings. The van der Waals surface area contributed by atoms with Crippen molar-refractivity contribution in [2.75, 3.05) is 6.26 Å². The Kier molecular flexibility index (Phi) is 6.20. The molecule has 1 aromatic carbocycles. The van der Waals surface area contributed by atoms with Gasteiger partial charge in [0.1, 0.15) is 0 Å². The lowest BCUT2D eigenvalue weighted by atomic mass is 10.1. The second-order valence-electron chi connectivity index (χ2n) is 5.05. The predicted molar refractivity (Wildman–Crippen MR) is 81.2 cm³/mol. The molecular formula is C15H22O5S. The van der Waals surface area contributed by atoms with E-state index in [1.165, 1.54) is 0 Å². The number of hydrogen-bond acceptors (Lipinski definition) is 5. The van der Waals surface area contributed by atoms with E-state index < -0.39 is 10.1 Å². The average molecular weight is 314 g/mol. The second-order valence-corrected chi connectivity index (χ2v) is 6.63. The maximum absolute atomic E-state index is 11.8. The Morgan fingerprint density at radius 3 is 2.43 bits per heavy atom. The Balaban J connectivity index is 2.96. The summed E-state index contributed by atoms with van der Waals surface area (Å²) in [6.45, 7) is 5.61. The van der Waals surface area contributed by atoms with E-state index in [4.69, 9.17) is 8.92 Å². The van der Waals surface area contributed by atoms with E-state index in [0.29, 0.717) is 12.0 Å². The van der Waals surface area contributed by atoms with Gasteiger partial charge in [-0.25, -0.2) is 0 Å². The van der Waals surface area contributed by atoms with Crippen LogP contribution in [0.15, 0.2) is 12.1 Å². The minimum absolute atomic E-state index is 0.0846. The topological polar surface area (TPSA) is 69.7 Å². The van der Waals surface area contributed by atoms with Gasteiger partial charge in [-0.3, -0.25) is 4.79 Å². The zero-order valence-electron chi connectivity index (χ0n) is 12.9. The Bertz CT molecular complexity index is 605. The summed E-state index contributed by atoms with van der Waals surface area (Å²) in [6.07, 6.45) is 3.98. The third kappa shape index (κ3) is 5.75. The van der Waals surface area contributed by atoms with E-state index in [0.717, 1.165) is 31.1 Å². The van der Waals surface area contributed by atoms with Crippen LogP contribution in [0.1, 0.15) is 43.7 Å². The van der Waals surface area contributed by atoms with Crippen LogP contribution in [0.2, 0.25) is 0 Å². The van der Waals surface area contributed by atoms with E-state index in [2.05, 4.69) is 0 Å². The molecule has 21 heavy (non-hydrogen) atoms. The van der Waals surface area contributed by atoms with E-state index in [9.17, 15) is 13.2 Å². The first kappa shape index (κ1) is 17.5. The molecule has 0 fully saturated rings. The fraction of sp³-hybridized carbons (Fsp3) is 0.533. The molecule has 0 radical (unpaired) electrons. The van der Waals surface area contributed by atoms with Crippen LogP contribution < -0.4 is 8.92 Å². The first-order valence-corrected chi connectivity index (χ1v) is 8.76. The lowest BCUT2D eigenvalue weighted by Crippen LogP contribution is -2.12.